The first kappa shape index (κ1) is 96.1. The molecule has 138 heavy (non-hydrogen) atoms. The zero-order valence-electron chi connectivity index (χ0n) is 81.1. The number of hydrogen-bond donors (Lipinski definition) is 8. The molecule has 8 amide bonds. The number of nitrogens with one attached hydrogen (secondary N) is 8. The van der Waals surface area contributed by atoms with E-state index in [0.29, 0.717) is 192 Å². The Kier molecular flexibility index (Phi) is 28.0. The molecule has 39 heteroatoms. The minimum absolute atomic E-state index is 0.0148. The maximum Gasteiger partial charge on any atom is 0.251 e. The second-order valence-corrected chi connectivity index (χ2v) is 38.9. The first-order chi connectivity index (χ1) is 66.4. The van der Waals surface area contributed by atoms with Crippen LogP contribution in [0.4, 0.5) is 92.6 Å². The fraction of sp³-hybridized carbons (Fsp3) is 0.515. The van der Waals surface area contributed by atoms with Gasteiger partial charge >= 0.3 is 0 Å². The second kappa shape index (κ2) is 40.2. The van der Waals surface area contributed by atoms with Gasteiger partial charge in [0.25, 0.3) is 23.6 Å². The Balaban J connectivity index is 0.000000127. The highest BCUT2D eigenvalue weighted by atomic mass is 16.5. The number of nitrogens with zero attached hydrogens (tertiary/aromatic N) is 16. The van der Waals surface area contributed by atoms with Crippen LogP contribution in [0.15, 0.2) is 97.6 Å². The van der Waals surface area contributed by atoms with Crippen LogP contribution in [0, 0.1) is 21.7 Å². The van der Waals surface area contributed by atoms with Crippen molar-refractivity contribution < 1.29 is 71.5 Å². The van der Waals surface area contributed by atoms with Crippen LogP contribution >= 0.6 is 0 Å². The van der Waals surface area contributed by atoms with Gasteiger partial charge in [-0.1, -0.05) is 25.7 Å². The largest absolute Gasteiger partial charge is 0.495 e. The van der Waals surface area contributed by atoms with E-state index in [0.717, 1.165) is 113 Å². The van der Waals surface area contributed by atoms with E-state index in [9.17, 15) is 38.4 Å². The number of hydrogen-bond acceptors (Lipinski definition) is 31. The van der Waals surface area contributed by atoms with Crippen molar-refractivity contribution in [2.45, 2.75) is 173 Å². The van der Waals surface area contributed by atoms with E-state index in [-0.39, 0.29) is 76.2 Å². The van der Waals surface area contributed by atoms with E-state index in [1.807, 2.05) is 47.9 Å². The molecule has 7 aliphatic heterocycles. The van der Waals surface area contributed by atoms with Crippen LogP contribution in [0.25, 0.3) is 0 Å². The first-order valence-electron chi connectivity index (χ1n) is 47.7. The third-order valence-electron chi connectivity index (χ3n) is 28.3. The van der Waals surface area contributed by atoms with Crippen molar-refractivity contribution in [3.8, 4) is 23.0 Å². The lowest BCUT2D eigenvalue weighted by Crippen LogP contribution is -2.46. The molecule has 732 valence electrons. The summed E-state index contributed by atoms with van der Waals surface area (Å²) in [5, 5.41) is 24.2. The van der Waals surface area contributed by atoms with Gasteiger partial charge < -0.3 is 115 Å². The van der Waals surface area contributed by atoms with Crippen molar-refractivity contribution in [3.05, 3.63) is 120 Å². The molecular weight excluding hydrogens is 1770 g/mol. The van der Waals surface area contributed by atoms with Crippen LogP contribution in [-0.4, -0.2) is 260 Å². The van der Waals surface area contributed by atoms with E-state index in [1.54, 1.807) is 154 Å². The maximum absolute atomic E-state index is 13.3. The van der Waals surface area contributed by atoms with Gasteiger partial charge in [-0.05, 0) is 184 Å². The number of fused-ring (bicyclic) bond motifs is 4. The van der Waals surface area contributed by atoms with E-state index in [1.165, 1.54) is 39.9 Å². The molecule has 8 N–H and O–H groups in total. The molecule has 3 atom stereocenters. The van der Waals surface area contributed by atoms with Gasteiger partial charge in [-0.25, -0.2) is 19.9 Å². The summed E-state index contributed by atoms with van der Waals surface area (Å²) in [6.07, 6.45) is 24.5. The summed E-state index contributed by atoms with van der Waals surface area (Å²) in [5.41, 5.74) is 5.69. The van der Waals surface area contributed by atoms with E-state index in [2.05, 4.69) is 82.1 Å². The normalized spacial score (nSPS) is 20.8. The number of carbonyl (C=O) groups excluding carboxylic acids is 8. The van der Waals surface area contributed by atoms with Crippen molar-refractivity contribution in [1.29, 1.82) is 0 Å². The van der Waals surface area contributed by atoms with Gasteiger partial charge in [-0.2, -0.15) is 19.9 Å². The quantitative estimate of drug-likeness (QED) is 0.0312. The van der Waals surface area contributed by atoms with Crippen LogP contribution in [0.1, 0.15) is 178 Å². The van der Waals surface area contributed by atoms with E-state index < -0.39 is 10.8 Å². The van der Waals surface area contributed by atoms with Crippen molar-refractivity contribution in [2.75, 3.05) is 197 Å². The number of ether oxygens (including phenoxy) is 7. The number of carbonyl (C=O) groups is 8. The Morgan fingerprint density at radius 3 is 0.920 bits per heavy atom. The lowest BCUT2D eigenvalue weighted by molar-refractivity contribution is -0.126. The molecule has 0 bridgehead atoms. The molecule has 39 nitrogen and oxygen atoms in total. The molecule has 4 aromatic heterocycles. The Morgan fingerprint density at radius 2 is 0.645 bits per heavy atom. The number of benzene rings is 4. The van der Waals surface area contributed by atoms with Crippen molar-refractivity contribution in [1.82, 2.24) is 61.1 Å². The molecule has 0 radical (unpaired) electrons. The summed E-state index contributed by atoms with van der Waals surface area (Å²) < 4.78 is 38.7. The summed E-state index contributed by atoms with van der Waals surface area (Å²) in [4.78, 5) is 155. The highest BCUT2D eigenvalue weighted by Crippen LogP contribution is 2.55. The summed E-state index contributed by atoms with van der Waals surface area (Å²) in [6.45, 7) is 14.0. The van der Waals surface area contributed by atoms with Crippen molar-refractivity contribution in [2.24, 2.45) is 21.7 Å². The number of rotatable bonds is 22. The van der Waals surface area contributed by atoms with Crippen LogP contribution in [0.5, 0.6) is 23.0 Å². The number of amides is 8. The van der Waals surface area contributed by atoms with Gasteiger partial charge in [0.15, 0.2) is 23.3 Å². The lowest BCUT2D eigenvalue weighted by atomic mass is 9.91. The standard InChI is InChI=1S/C27H34N6O4.C26H32N6O3.2C23H30N6O4/c1-32-21-14-28-26(31-23(21)33(19-5-3-4-6-19)16-27(10-11-27)25(32)35)30-20-8-7-17(13-22(20)36-2)24(34)29-18-9-12-37-15-18;1-31-20-14-27-25(29-19-10-7-16(13-21(19)35-2)23(33)28-17-8-9-17)30-22(20)32(18-5-3-4-6-18)15-26(11-12-26)24(31)34;2*1-23(2)13-29(15-8-9-33-12-15)19-17(28(4)21(23)31)11-25-22(27-19)26-16-7-6-14(20(30)24-3)10-18(16)32-5/h7-8,13-14,18-19H,3-6,9-12,15-16H2,1-2H3,(H,29,34)(H,28,30,31);7,10,13-14,17-18H,3-6,8-9,11-12,15H2,1-2H3,(H,28,33)(H,27,29,30);2*6-7,10-11,15H,8-9,12-13H2,1-5H3,(H,24,30)(H,25,26,27)/t;;15-;/m..1./s1. The van der Waals surface area contributed by atoms with Gasteiger partial charge in [0.1, 0.15) is 45.7 Å². The van der Waals surface area contributed by atoms with Gasteiger partial charge in [0.05, 0.1) is 136 Å². The number of anilines is 16. The highest BCUT2D eigenvalue weighted by Gasteiger charge is 2.57. The molecule has 4 aromatic carbocycles. The molecule has 2 unspecified atom stereocenters. The molecular formula is C99H126N24O15. The van der Waals surface area contributed by atoms with Gasteiger partial charge in [0.2, 0.25) is 47.4 Å². The van der Waals surface area contributed by atoms with Crippen molar-refractivity contribution in [3.63, 3.8) is 0 Å². The number of methoxy groups -OCH3 is 4. The Hall–Kier alpha value is -13.6. The van der Waals surface area contributed by atoms with E-state index >= 15 is 0 Å². The van der Waals surface area contributed by atoms with Crippen molar-refractivity contribution >= 4 is 140 Å². The average Bonchev–Trinajstić information content (AvgIpc) is 1.58. The molecule has 5 aliphatic carbocycles. The van der Waals surface area contributed by atoms with Gasteiger partial charge in [-0.15, -0.1) is 0 Å². The van der Waals surface area contributed by atoms with Crippen LogP contribution in [0.3, 0.4) is 0 Å². The average molecular weight is 1890 g/mol. The smallest absolute Gasteiger partial charge is 0.251 e. The Labute approximate surface area is 803 Å². The van der Waals surface area contributed by atoms with Crippen LogP contribution < -0.4 is 101 Å². The minimum Gasteiger partial charge on any atom is -0.495 e. The highest BCUT2D eigenvalue weighted by molar-refractivity contribution is 6.06. The second-order valence-electron chi connectivity index (χ2n) is 38.9. The Bertz CT molecular complexity index is 5750. The zero-order chi connectivity index (χ0) is 97.2. The molecule has 2 spiro atoms. The Morgan fingerprint density at radius 1 is 0.355 bits per heavy atom. The molecule has 20 rings (SSSR count). The first-order valence-corrected chi connectivity index (χ1v) is 47.7. The SMILES string of the molecule is CNC(=O)c1ccc(Nc2ncc3c(n2)N(C2CCOC2)CC(C)(C)C(=O)N3C)c(OC)c1.CNC(=O)c1ccc(Nc2ncc3c(n2)N([C@@H]2CCOC2)CC(C)(C)C(=O)N3C)c(OC)c1.COc1cc(C(=O)NC2CC2)ccc1Nc1ncc2c(n1)N(C1CCCC1)CC1(CC1)C(=O)N2C.COc1cc(C(=O)NC2CCOC2)ccc1Nc1ncc2c(n1)N(C1CCCC1)CC1(CC1)C(=O)N2C. The van der Waals surface area contributed by atoms with Gasteiger partial charge in [-0.3, -0.25) is 38.4 Å². The fourth-order valence-electron chi connectivity index (χ4n) is 19.8. The third-order valence-corrected chi connectivity index (χ3v) is 28.3. The molecule has 8 aromatic rings. The zero-order valence-corrected chi connectivity index (χ0v) is 81.1. The lowest BCUT2D eigenvalue weighted by Gasteiger charge is -2.33. The third kappa shape index (κ3) is 20.3. The summed E-state index contributed by atoms with van der Waals surface area (Å²) in [5.74, 6) is 6.34. The minimum atomic E-state index is -0.593. The predicted octanol–water partition coefficient (Wildman–Crippen LogP) is 11.3. The topological polar surface area (TPSA) is 426 Å². The molecule has 12 aliphatic rings. The van der Waals surface area contributed by atoms with Crippen LogP contribution in [0.2, 0.25) is 0 Å². The molecule has 11 heterocycles. The predicted molar refractivity (Wildman–Crippen MR) is 524 cm³/mol. The fourth-order valence-corrected chi connectivity index (χ4v) is 19.8. The molecule has 3 saturated heterocycles. The summed E-state index contributed by atoms with van der Waals surface area (Å²) >= 11 is 0. The van der Waals surface area contributed by atoms with Crippen LogP contribution in [-0.2, 0) is 33.4 Å². The monoisotopic (exact) mass is 1890 g/mol. The maximum atomic E-state index is 13.3. The summed E-state index contributed by atoms with van der Waals surface area (Å²) in [7, 11) is 16.6. The van der Waals surface area contributed by atoms with Gasteiger partial charge in [0, 0.05) is 129 Å². The number of aromatic nitrogens is 8. The molecule has 5 saturated carbocycles. The summed E-state index contributed by atoms with van der Waals surface area (Å²) in [6, 6.07) is 22.2. The molecule has 8 fully saturated rings. The van der Waals surface area contributed by atoms with E-state index in [4.69, 9.17) is 53.1 Å².